The first kappa shape index (κ1) is 21.5. The molecule has 1 saturated heterocycles. The number of methoxy groups -OCH3 is 2. The Morgan fingerprint density at radius 3 is 2.72 bits per heavy atom. The molecule has 0 aromatic heterocycles. The van der Waals surface area contributed by atoms with Crippen LogP contribution in [-0.2, 0) is 17.8 Å². The lowest BCUT2D eigenvalue weighted by molar-refractivity contribution is -0.126. The van der Waals surface area contributed by atoms with Gasteiger partial charge in [0.15, 0.2) is 11.5 Å². The SMILES string of the molecule is COc1ccc(CCNC(=O)[C@@H]2CCCN(Cc3ccccc3Cl)C2)cc1OC. The minimum absolute atomic E-state index is 0.0247. The molecule has 1 aliphatic heterocycles. The molecular formula is C23H29ClN2O3. The van der Waals surface area contributed by atoms with Crippen LogP contribution in [0.1, 0.15) is 24.0 Å². The van der Waals surface area contributed by atoms with E-state index in [0.29, 0.717) is 18.0 Å². The number of benzene rings is 2. The number of likely N-dealkylation sites (tertiary alicyclic amines) is 1. The van der Waals surface area contributed by atoms with Gasteiger partial charge in [-0.1, -0.05) is 35.9 Å². The van der Waals surface area contributed by atoms with Crippen LogP contribution in [0.3, 0.4) is 0 Å². The fourth-order valence-corrected chi connectivity index (χ4v) is 3.99. The van der Waals surface area contributed by atoms with Crippen LogP contribution in [0.4, 0.5) is 0 Å². The van der Waals surface area contributed by atoms with E-state index in [1.807, 2.05) is 36.4 Å². The summed E-state index contributed by atoms with van der Waals surface area (Å²) in [5.74, 6) is 1.57. The Kier molecular flexibility index (Phi) is 7.78. The number of nitrogens with zero attached hydrogens (tertiary/aromatic N) is 1. The van der Waals surface area contributed by atoms with E-state index in [1.54, 1.807) is 14.2 Å². The average molecular weight is 417 g/mol. The van der Waals surface area contributed by atoms with Crippen LogP contribution >= 0.6 is 11.6 Å². The van der Waals surface area contributed by atoms with Crippen LogP contribution in [-0.4, -0.2) is 44.7 Å². The van der Waals surface area contributed by atoms with Gasteiger partial charge in [0.2, 0.25) is 5.91 Å². The number of ether oxygens (including phenoxy) is 2. The molecule has 0 radical (unpaired) electrons. The third-order valence-electron chi connectivity index (χ3n) is 5.39. The standard InChI is InChI=1S/C23H29ClN2O3/c1-28-21-10-9-17(14-22(21)29-2)11-12-25-23(27)19-7-5-13-26(16-19)15-18-6-3-4-8-20(18)24/h3-4,6,8-10,14,19H,5,7,11-13,15-16H2,1-2H3,(H,25,27)/t19-/m1/s1. The molecule has 2 aromatic rings. The number of amides is 1. The Bertz CT molecular complexity index is 828. The molecule has 0 aliphatic carbocycles. The molecule has 0 spiro atoms. The van der Waals surface area contributed by atoms with Crippen molar-refractivity contribution in [2.45, 2.75) is 25.8 Å². The quantitative estimate of drug-likeness (QED) is 0.708. The average Bonchev–Trinajstić information content (AvgIpc) is 2.75. The molecule has 0 unspecified atom stereocenters. The summed E-state index contributed by atoms with van der Waals surface area (Å²) in [6.07, 6.45) is 2.71. The van der Waals surface area contributed by atoms with Crippen LogP contribution in [0.2, 0.25) is 5.02 Å². The summed E-state index contributed by atoms with van der Waals surface area (Å²) in [5.41, 5.74) is 2.22. The molecule has 0 bridgehead atoms. The van der Waals surface area contributed by atoms with Crippen molar-refractivity contribution in [2.24, 2.45) is 5.92 Å². The van der Waals surface area contributed by atoms with E-state index in [4.69, 9.17) is 21.1 Å². The van der Waals surface area contributed by atoms with Gasteiger partial charge in [0.05, 0.1) is 20.1 Å². The molecule has 0 saturated carbocycles. The predicted octanol–water partition coefficient (Wildman–Crippen LogP) is 3.93. The molecule has 1 fully saturated rings. The van der Waals surface area contributed by atoms with E-state index in [-0.39, 0.29) is 11.8 Å². The number of rotatable bonds is 8. The lowest BCUT2D eigenvalue weighted by atomic mass is 9.96. The van der Waals surface area contributed by atoms with Gasteiger partial charge in [-0.3, -0.25) is 9.69 Å². The van der Waals surface area contributed by atoms with Crippen molar-refractivity contribution in [3.8, 4) is 11.5 Å². The molecule has 6 heteroatoms. The van der Waals surface area contributed by atoms with Gasteiger partial charge in [-0.25, -0.2) is 0 Å². The molecule has 2 aromatic carbocycles. The zero-order chi connectivity index (χ0) is 20.6. The Balaban J connectivity index is 1.48. The Morgan fingerprint density at radius 1 is 1.17 bits per heavy atom. The molecule has 1 heterocycles. The molecule has 1 atom stereocenters. The second-order valence-corrected chi connectivity index (χ2v) is 7.80. The number of nitrogens with one attached hydrogen (secondary N) is 1. The molecule has 1 amide bonds. The summed E-state index contributed by atoms with van der Waals surface area (Å²) in [6.45, 7) is 3.17. The van der Waals surface area contributed by atoms with Gasteiger partial charge < -0.3 is 14.8 Å². The molecule has 156 valence electrons. The van der Waals surface area contributed by atoms with Crippen molar-refractivity contribution in [2.75, 3.05) is 33.9 Å². The second kappa shape index (κ2) is 10.5. The smallest absolute Gasteiger partial charge is 0.224 e. The lowest BCUT2D eigenvalue weighted by Crippen LogP contribution is -2.43. The van der Waals surface area contributed by atoms with Gasteiger partial charge in [-0.05, 0) is 55.1 Å². The summed E-state index contributed by atoms with van der Waals surface area (Å²) in [5, 5.41) is 3.89. The highest BCUT2D eigenvalue weighted by atomic mass is 35.5. The highest BCUT2D eigenvalue weighted by Gasteiger charge is 2.25. The van der Waals surface area contributed by atoms with E-state index in [1.165, 1.54) is 0 Å². The van der Waals surface area contributed by atoms with Gasteiger partial charge in [0, 0.05) is 24.7 Å². The van der Waals surface area contributed by atoms with Crippen molar-refractivity contribution in [1.82, 2.24) is 10.2 Å². The van der Waals surface area contributed by atoms with Gasteiger partial charge in [-0.15, -0.1) is 0 Å². The minimum atomic E-state index is 0.0247. The van der Waals surface area contributed by atoms with Crippen molar-refractivity contribution in [3.05, 3.63) is 58.6 Å². The first-order valence-electron chi connectivity index (χ1n) is 10.0. The number of piperidine rings is 1. The summed E-state index contributed by atoms with van der Waals surface area (Å²) >= 11 is 6.29. The maximum absolute atomic E-state index is 12.7. The van der Waals surface area contributed by atoms with Gasteiger partial charge in [-0.2, -0.15) is 0 Å². The van der Waals surface area contributed by atoms with Crippen LogP contribution < -0.4 is 14.8 Å². The Hall–Kier alpha value is -2.24. The fourth-order valence-electron chi connectivity index (χ4n) is 3.79. The normalized spacial score (nSPS) is 17.0. The largest absolute Gasteiger partial charge is 0.493 e. The Labute approximate surface area is 177 Å². The van der Waals surface area contributed by atoms with Gasteiger partial charge in [0.25, 0.3) is 0 Å². The van der Waals surface area contributed by atoms with E-state index in [9.17, 15) is 4.79 Å². The summed E-state index contributed by atoms with van der Waals surface area (Å²) in [4.78, 5) is 15.0. The first-order chi connectivity index (χ1) is 14.1. The summed E-state index contributed by atoms with van der Waals surface area (Å²) in [6, 6.07) is 13.8. The first-order valence-corrected chi connectivity index (χ1v) is 10.4. The second-order valence-electron chi connectivity index (χ2n) is 7.40. The van der Waals surface area contributed by atoms with Gasteiger partial charge >= 0.3 is 0 Å². The highest BCUT2D eigenvalue weighted by molar-refractivity contribution is 6.31. The van der Waals surface area contributed by atoms with Gasteiger partial charge in [0.1, 0.15) is 0 Å². The van der Waals surface area contributed by atoms with E-state index < -0.39 is 0 Å². The highest BCUT2D eigenvalue weighted by Crippen LogP contribution is 2.27. The monoisotopic (exact) mass is 416 g/mol. The number of hydrogen-bond donors (Lipinski definition) is 1. The minimum Gasteiger partial charge on any atom is -0.493 e. The number of carbonyl (C=O) groups is 1. The predicted molar refractivity (Wildman–Crippen MR) is 116 cm³/mol. The summed E-state index contributed by atoms with van der Waals surface area (Å²) in [7, 11) is 3.25. The molecule has 29 heavy (non-hydrogen) atoms. The third kappa shape index (κ3) is 5.87. The lowest BCUT2D eigenvalue weighted by Gasteiger charge is -2.32. The fraction of sp³-hybridized carbons (Fsp3) is 0.435. The van der Waals surface area contributed by atoms with E-state index in [2.05, 4.69) is 16.3 Å². The topological polar surface area (TPSA) is 50.8 Å². The molecule has 3 rings (SSSR count). The van der Waals surface area contributed by atoms with Crippen LogP contribution in [0.25, 0.3) is 0 Å². The van der Waals surface area contributed by atoms with Crippen LogP contribution in [0.15, 0.2) is 42.5 Å². The molecule has 1 N–H and O–H groups in total. The zero-order valence-electron chi connectivity index (χ0n) is 17.1. The van der Waals surface area contributed by atoms with E-state index >= 15 is 0 Å². The summed E-state index contributed by atoms with van der Waals surface area (Å²) < 4.78 is 10.6. The third-order valence-corrected chi connectivity index (χ3v) is 5.76. The van der Waals surface area contributed by atoms with Crippen LogP contribution in [0.5, 0.6) is 11.5 Å². The molecule has 5 nitrogen and oxygen atoms in total. The number of hydrogen-bond acceptors (Lipinski definition) is 4. The van der Waals surface area contributed by atoms with E-state index in [0.717, 1.165) is 55.0 Å². The zero-order valence-corrected chi connectivity index (χ0v) is 17.9. The molecule has 1 aliphatic rings. The van der Waals surface area contributed by atoms with Crippen molar-refractivity contribution in [3.63, 3.8) is 0 Å². The van der Waals surface area contributed by atoms with Crippen molar-refractivity contribution >= 4 is 17.5 Å². The molecular weight excluding hydrogens is 388 g/mol. The number of halogens is 1. The van der Waals surface area contributed by atoms with Crippen molar-refractivity contribution < 1.29 is 14.3 Å². The maximum Gasteiger partial charge on any atom is 0.224 e. The maximum atomic E-state index is 12.7. The van der Waals surface area contributed by atoms with Crippen molar-refractivity contribution in [1.29, 1.82) is 0 Å². The number of carbonyl (C=O) groups excluding carboxylic acids is 1. The Morgan fingerprint density at radius 2 is 1.97 bits per heavy atom. The van der Waals surface area contributed by atoms with Crippen LogP contribution in [0, 0.1) is 5.92 Å².